The molecule has 1 aromatic carbocycles. The van der Waals surface area contributed by atoms with Crippen LogP contribution in [0.3, 0.4) is 0 Å². The molecule has 1 amide bonds. The molecule has 0 aliphatic carbocycles. The van der Waals surface area contributed by atoms with Crippen LogP contribution in [0.15, 0.2) is 18.2 Å². The molecular formula is C14H18N2O2. The molecule has 1 aromatic rings. The summed E-state index contributed by atoms with van der Waals surface area (Å²) in [5.74, 6) is 0.931. The molecule has 4 nitrogen and oxygen atoms in total. The number of nitrogens with zero attached hydrogens (tertiary/aromatic N) is 1. The van der Waals surface area contributed by atoms with Crippen LogP contribution in [0, 0.1) is 12.8 Å². The minimum absolute atomic E-state index is 0.101. The van der Waals surface area contributed by atoms with Crippen molar-refractivity contribution in [3.8, 4) is 5.75 Å². The number of nitrogens with one attached hydrogen (secondary N) is 1. The van der Waals surface area contributed by atoms with Crippen molar-refractivity contribution in [3.63, 3.8) is 0 Å². The van der Waals surface area contributed by atoms with E-state index >= 15 is 0 Å². The lowest BCUT2D eigenvalue weighted by Crippen LogP contribution is -2.39. The van der Waals surface area contributed by atoms with Crippen molar-refractivity contribution < 1.29 is 9.90 Å². The third-order valence-electron chi connectivity index (χ3n) is 4.15. The Hall–Kier alpha value is -1.55. The summed E-state index contributed by atoms with van der Waals surface area (Å²) in [6.07, 6.45) is 1.10. The Morgan fingerprint density at radius 1 is 1.44 bits per heavy atom. The number of fused-ring (bicyclic) bond motifs is 1. The van der Waals surface area contributed by atoms with Gasteiger partial charge in [0.15, 0.2) is 0 Å². The minimum atomic E-state index is 0.101. The van der Waals surface area contributed by atoms with Crippen LogP contribution in [0.5, 0.6) is 5.75 Å². The molecule has 0 radical (unpaired) electrons. The fraction of sp³-hybridized carbons (Fsp3) is 0.500. The maximum Gasteiger partial charge on any atom is 0.254 e. The predicted octanol–water partition coefficient (Wildman–Crippen LogP) is 1.13. The lowest BCUT2D eigenvalue weighted by molar-refractivity contribution is 0.0736. The van der Waals surface area contributed by atoms with Crippen molar-refractivity contribution in [2.24, 2.45) is 5.92 Å². The Labute approximate surface area is 107 Å². The molecule has 96 valence electrons. The monoisotopic (exact) mass is 246 g/mol. The Morgan fingerprint density at radius 3 is 3.06 bits per heavy atom. The Morgan fingerprint density at radius 2 is 2.28 bits per heavy atom. The molecule has 2 aliphatic heterocycles. The predicted molar refractivity (Wildman–Crippen MR) is 68.6 cm³/mol. The molecule has 0 unspecified atom stereocenters. The van der Waals surface area contributed by atoms with Gasteiger partial charge in [0.25, 0.3) is 5.91 Å². The number of benzene rings is 1. The zero-order valence-electron chi connectivity index (χ0n) is 10.5. The van der Waals surface area contributed by atoms with Gasteiger partial charge in [0.1, 0.15) is 5.75 Å². The van der Waals surface area contributed by atoms with Crippen molar-refractivity contribution in [2.45, 2.75) is 19.4 Å². The maximum absolute atomic E-state index is 12.5. The van der Waals surface area contributed by atoms with Crippen molar-refractivity contribution in [3.05, 3.63) is 29.3 Å². The van der Waals surface area contributed by atoms with Gasteiger partial charge in [0.05, 0.1) is 0 Å². The Kier molecular flexibility index (Phi) is 2.74. The summed E-state index contributed by atoms with van der Waals surface area (Å²) >= 11 is 0. The second-order valence-electron chi connectivity index (χ2n) is 5.27. The number of phenolic OH excluding ortho intramolecular Hbond substituents is 1. The average Bonchev–Trinajstić information content (AvgIpc) is 2.89. The molecule has 2 atom stereocenters. The topological polar surface area (TPSA) is 52.6 Å². The fourth-order valence-corrected chi connectivity index (χ4v) is 3.14. The molecule has 0 aromatic heterocycles. The van der Waals surface area contributed by atoms with E-state index in [1.165, 1.54) is 0 Å². The molecule has 0 spiro atoms. The second-order valence-corrected chi connectivity index (χ2v) is 5.27. The molecule has 0 saturated carbocycles. The summed E-state index contributed by atoms with van der Waals surface area (Å²) in [4.78, 5) is 14.5. The highest BCUT2D eigenvalue weighted by Crippen LogP contribution is 2.29. The smallest absolute Gasteiger partial charge is 0.254 e. The summed E-state index contributed by atoms with van der Waals surface area (Å²) in [7, 11) is 0. The van der Waals surface area contributed by atoms with Gasteiger partial charge in [-0.3, -0.25) is 4.79 Å². The second kappa shape index (κ2) is 4.28. The molecule has 18 heavy (non-hydrogen) atoms. The molecule has 3 rings (SSSR count). The minimum Gasteiger partial charge on any atom is -0.508 e. The molecule has 2 N–H and O–H groups in total. The summed E-state index contributed by atoms with van der Waals surface area (Å²) < 4.78 is 0. The third-order valence-corrected chi connectivity index (χ3v) is 4.15. The highest BCUT2D eigenvalue weighted by atomic mass is 16.3. The first-order valence-corrected chi connectivity index (χ1v) is 6.48. The van der Waals surface area contributed by atoms with E-state index in [0.717, 1.165) is 31.6 Å². The lowest BCUT2D eigenvalue weighted by Gasteiger charge is -2.24. The maximum atomic E-state index is 12.5. The van der Waals surface area contributed by atoms with Gasteiger partial charge in [0.2, 0.25) is 0 Å². The summed E-state index contributed by atoms with van der Waals surface area (Å²) in [6.45, 7) is 4.67. The molecule has 4 heteroatoms. The number of carbonyl (C=O) groups is 1. The van der Waals surface area contributed by atoms with Gasteiger partial charge in [-0.2, -0.15) is 0 Å². The van der Waals surface area contributed by atoms with Crippen LogP contribution in [0.2, 0.25) is 0 Å². The number of likely N-dealkylation sites (tertiary alicyclic amines) is 1. The Bertz CT molecular complexity index is 487. The van der Waals surface area contributed by atoms with Crippen LogP contribution in [-0.4, -0.2) is 41.6 Å². The van der Waals surface area contributed by atoms with Crippen molar-refractivity contribution in [1.29, 1.82) is 0 Å². The average molecular weight is 246 g/mol. The van der Waals surface area contributed by atoms with E-state index in [9.17, 15) is 9.90 Å². The van der Waals surface area contributed by atoms with Crippen LogP contribution in [0.4, 0.5) is 0 Å². The van der Waals surface area contributed by atoms with Crippen molar-refractivity contribution >= 4 is 5.91 Å². The molecule has 2 aliphatic rings. The van der Waals surface area contributed by atoms with E-state index < -0.39 is 0 Å². The van der Waals surface area contributed by atoms with E-state index in [-0.39, 0.29) is 11.7 Å². The summed E-state index contributed by atoms with van der Waals surface area (Å²) in [5.41, 5.74) is 1.55. The van der Waals surface area contributed by atoms with Gasteiger partial charge in [-0.25, -0.2) is 0 Å². The fourth-order valence-electron chi connectivity index (χ4n) is 3.14. The first kappa shape index (κ1) is 11.5. The van der Waals surface area contributed by atoms with Crippen LogP contribution >= 0.6 is 0 Å². The van der Waals surface area contributed by atoms with Crippen LogP contribution < -0.4 is 5.32 Å². The number of amides is 1. The van der Waals surface area contributed by atoms with Crippen LogP contribution in [0.25, 0.3) is 0 Å². The van der Waals surface area contributed by atoms with Crippen LogP contribution in [-0.2, 0) is 0 Å². The highest BCUT2D eigenvalue weighted by Gasteiger charge is 2.40. The standard InChI is InChI=1S/C14H18N2O2/c1-9-6-11(17)2-3-12(9)14(18)16-5-4-10-7-15-8-13(10)16/h2-3,6,10,13,15,17H,4-5,7-8H2,1H3/t10-,13+/m0/s1. The Balaban J connectivity index is 1.86. The first-order valence-electron chi connectivity index (χ1n) is 6.48. The van der Waals surface area contributed by atoms with E-state index in [4.69, 9.17) is 0 Å². The highest BCUT2D eigenvalue weighted by molar-refractivity contribution is 5.96. The first-order chi connectivity index (χ1) is 8.66. The molecule has 2 saturated heterocycles. The van der Waals surface area contributed by atoms with E-state index in [1.54, 1.807) is 18.2 Å². The van der Waals surface area contributed by atoms with Gasteiger partial charge >= 0.3 is 0 Å². The normalized spacial score (nSPS) is 26.4. The largest absolute Gasteiger partial charge is 0.508 e. The van der Waals surface area contributed by atoms with Crippen molar-refractivity contribution in [1.82, 2.24) is 10.2 Å². The number of hydrogen-bond acceptors (Lipinski definition) is 3. The number of aromatic hydroxyl groups is 1. The van der Waals surface area contributed by atoms with Crippen LogP contribution in [0.1, 0.15) is 22.3 Å². The van der Waals surface area contributed by atoms with Gasteiger partial charge in [-0.1, -0.05) is 0 Å². The van der Waals surface area contributed by atoms with Gasteiger partial charge < -0.3 is 15.3 Å². The molecule has 2 fully saturated rings. The van der Waals surface area contributed by atoms with Gasteiger partial charge in [-0.15, -0.1) is 0 Å². The van der Waals surface area contributed by atoms with Gasteiger partial charge in [-0.05, 0) is 43.0 Å². The number of hydrogen-bond donors (Lipinski definition) is 2. The SMILES string of the molecule is Cc1cc(O)ccc1C(=O)N1CC[C@H]2CNC[C@H]21. The number of phenols is 1. The summed E-state index contributed by atoms with van der Waals surface area (Å²) in [6, 6.07) is 5.31. The van der Waals surface area contributed by atoms with Crippen molar-refractivity contribution in [2.75, 3.05) is 19.6 Å². The van der Waals surface area contributed by atoms with E-state index in [2.05, 4.69) is 5.32 Å². The molecular weight excluding hydrogens is 228 g/mol. The quantitative estimate of drug-likeness (QED) is 0.781. The third kappa shape index (κ3) is 1.77. The van der Waals surface area contributed by atoms with E-state index in [1.807, 2.05) is 11.8 Å². The van der Waals surface area contributed by atoms with E-state index in [0.29, 0.717) is 17.5 Å². The lowest BCUT2D eigenvalue weighted by atomic mass is 10.0. The number of carbonyl (C=O) groups excluding carboxylic acids is 1. The molecule has 0 bridgehead atoms. The zero-order valence-corrected chi connectivity index (χ0v) is 10.5. The summed E-state index contributed by atoms with van der Waals surface area (Å²) in [5, 5.41) is 12.8. The van der Waals surface area contributed by atoms with Gasteiger partial charge in [0, 0.05) is 31.2 Å². The zero-order chi connectivity index (χ0) is 12.7. The number of aryl methyl sites for hydroxylation is 1. The number of rotatable bonds is 1. The molecule has 2 heterocycles.